The maximum Gasteiger partial charge on any atom is 0.326 e. The third kappa shape index (κ3) is 3.62. The van der Waals surface area contributed by atoms with Crippen LogP contribution in [-0.2, 0) is 0 Å². The van der Waals surface area contributed by atoms with E-state index in [9.17, 15) is 18.4 Å². The lowest BCUT2D eigenvalue weighted by atomic mass is 10.2. The first kappa shape index (κ1) is 14.6. The van der Waals surface area contributed by atoms with Crippen LogP contribution >= 0.6 is 0 Å². The maximum atomic E-state index is 13.4. The van der Waals surface area contributed by atoms with Crippen molar-refractivity contribution < 1.29 is 18.4 Å². The molecule has 2 aromatic carbocycles. The van der Waals surface area contributed by atoms with Crippen LogP contribution in [0, 0.1) is 18.6 Å². The molecule has 2 rings (SSSR count). The Morgan fingerprint density at radius 2 is 1.52 bits per heavy atom. The maximum absolute atomic E-state index is 13.4. The molecule has 0 aliphatic rings. The Kier molecular flexibility index (Phi) is 4.27. The van der Waals surface area contributed by atoms with Crippen LogP contribution in [0.2, 0.25) is 0 Å². The second-order valence-electron chi connectivity index (χ2n) is 4.37. The van der Waals surface area contributed by atoms with Crippen LogP contribution in [0.25, 0.3) is 0 Å². The molecule has 21 heavy (non-hydrogen) atoms. The fourth-order valence-electron chi connectivity index (χ4n) is 1.68. The molecular weight excluding hydrogens is 278 g/mol. The van der Waals surface area contributed by atoms with Crippen molar-refractivity contribution in [2.45, 2.75) is 6.92 Å². The van der Waals surface area contributed by atoms with Gasteiger partial charge in [-0.15, -0.1) is 0 Å². The molecule has 6 heteroatoms. The van der Waals surface area contributed by atoms with Gasteiger partial charge in [0.1, 0.15) is 17.2 Å². The van der Waals surface area contributed by atoms with E-state index in [2.05, 4.69) is 5.32 Å². The first-order valence-electron chi connectivity index (χ1n) is 6.10. The van der Waals surface area contributed by atoms with Gasteiger partial charge in [-0.1, -0.05) is 23.8 Å². The zero-order chi connectivity index (χ0) is 15.4. The van der Waals surface area contributed by atoms with Gasteiger partial charge < -0.3 is 5.32 Å². The number of anilines is 1. The Morgan fingerprint density at radius 1 is 0.952 bits per heavy atom. The molecule has 0 bridgehead atoms. The van der Waals surface area contributed by atoms with Gasteiger partial charge in [0.25, 0.3) is 5.91 Å². The number of carbonyl (C=O) groups excluding carboxylic acids is 2. The fraction of sp³-hybridized carbons (Fsp3) is 0.0667. The molecule has 2 aromatic rings. The van der Waals surface area contributed by atoms with Crippen molar-refractivity contribution in [3.05, 3.63) is 65.2 Å². The van der Waals surface area contributed by atoms with Gasteiger partial charge in [0.2, 0.25) is 0 Å². The van der Waals surface area contributed by atoms with E-state index in [0.29, 0.717) is 5.69 Å². The summed E-state index contributed by atoms with van der Waals surface area (Å²) in [5, 5.41) is 4.26. The third-order valence-electron chi connectivity index (χ3n) is 2.73. The summed E-state index contributed by atoms with van der Waals surface area (Å²) in [4.78, 5) is 23.3. The second kappa shape index (κ2) is 6.13. The molecule has 2 N–H and O–H groups in total. The minimum absolute atomic E-state index is 0.458. The second-order valence-corrected chi connectivity index (χ2v) is 4.37. The fourth-order valence-corrected chi connectivity index (χ4v) is 1.68. The highest BCUT2D eigenvalue weighted by Crippen LogP contribution is 2.12. The van der Waals surface area contributed by atoms with E-state index in [-0.39, 0.29) is 0 Å². The summed E-state index contributed by atoms with van der Waals surface area (Å²) in [7, 11) is 0. The quantitative estimate of drug-likeness (QED) is 0.892. The number of carbonyl (C=O) groups is 2. The Morgan fingerprint density at radius 3 is 2.10 bits per heavy atom. The van der Waals surface area contributed by atoms with Crippen molar-refractivity contribution in [1.82, 2.24) is 5.32 Å². The van der Waals surface area contributed by atoms with Crippen molar-refractivity contribution in [3.63, 3.8) is 0 Å². The number of hydrogen-bond acceptors (Lipinski definition) is 2. The summed E-state index contributed by atoms with van der Waals surface area (Å²) in [5.41, 5.74) is 0.668. The molecular formula is C15H12F2N2O2. The average molecular weight is 290 g/mol. The van der Waals surface area contributed by atoms with E-state index >= 15 is 0 Å². The van der Waals surface area contributed by atoms with Crippen LogP contribution in [0.5, 0.6) is 0 Å². The Balaban J connectivity index is 2.06. The molecule has 0 atom stereocenters. The van der Waals surface area contributed by atoms with E-state index in [1.165, 1.54) is 0 Å². The van der Waals surface area contributed by atoms with E-state index in [1.807, 2.05) is 12.2 Å². The summed E-state index contributed by atoms with van der Waals surface area (Å²) in [6.45, 7) is 1.88. The largest absolute Gasteiger partial charge is 0.326 e. The van der Waals surface area contributed by atoms with E-state index in [4.69, 9.17) is 0 Å². The molecule has 0 aliphatic heterocycles. The van der Waals surface area contributed by atoms with Crippen LogP contribution < -0.4 is 10.6 Å². The summed E-state index contributed by atoms with van der Waals surface area (Å²) in [6.07, 6.45) is 0. The van der Waals surface area contributed by atoms with Crippen molar-refractivity contribution in [2.24, 2.45) is 0 Å². The first-order valence-corrected chi connectivity index (χ1v) is 6.10. The number of rotatable bonds is 2. The minimum Gasteiger partial charge on any atom is -0.308 e. The zero-order valence-corrected chi connectivity index (χ0v) is 11.1. The Hall–Kier alpha value is -2.76. The topological polar surface area (TPSA) is 58.2 Å². The summed E-state index contributed by atoms with van der Waals surface area (Å²) in [5.74, 6) is -3.21. The van der Waals surface area contributed by atoms with Crippen molar-refractivity contribution in [2.75, 3.05) is 5.32 Å². The molecule has 0 fully saturated rings. The van der Waals surface area contributed by atoms with Gasteiger partial charge in [-0.2, -0.15) is 0 Å². The summed E-state index contributed by atoms with van der Waals surface area (Å²) >= 11 is 0. The molecule has 0 aromatic heterocycles. The molecule has 0 aliphatic carbocycles. The summed E-state index contributed by atoms with van der Waals surface area (Å²) in [6, 6.07) is 8.97. The number of benzene rings is 2. The SMILES string of the molecule is Cc1ccc(NC(=O)NC(=O)c2c(F)cccc2F)cc1. The van der Waals surface area contributed by atoms with Gasteiger partial charge in [0.15, 0.2) is 0 Å². The lowest BCUT2D eigenvalue weighted by Gasteiger charge is -2.08. The van der Waals surface area contributed by atoms with Gasteiger partial charge in [0.05, 0.1) is 0 Å². The van der Waals surface area contributed by atoms with E-state index < -0.39 is 29.1 Å². The van der Waals surface area contributed by atoms with Gasteiger partial charge in [-0.05, 0) is 31.2 Å². The Labute approximate surface area is 119 Å². The highest BCUT2D eigenvalue weighted by Gasteiger charge is 2.19. The highest BCUT2D eigenvalue weighted by molar-refractivity contribution is 6.08. The van der Waals surface area contributed by atoms with Crippen LogP contribution in [0.3, 0.4) is 0 Å². The number of imide groups is 1. The number of nitrogens with one attached hydrogen (secondary N) is 2. The average Bonchev–Trinajstić information content (AvgIpc) is 2.41. The monoisotopic (exact) mass is 290 g/mol. The van der Waals surface area contributed by atoms with Crippen LogP contribution in [0.1, 0.15) is 15.9 Å². The van der Waals surface area contributed by atoms with E-state index in [0.717, 1.165) is 23.8 Å². The first-order chi connectivity index (χ1) is 9.97. The lowest BCUT2D eigenvalue weighted by Crippen LogP contribution is -2.35. The molecule has 0 heterocycles. The molecule has 0 spiro atoms. The number of aryl methyl sites for hydroxylation is 1. The smallest absolute Gasteiger partial charge is 0.308 e. The minimum atomic E-state index is -1.14. The molecule has 3 amide bonds. The van der Waals surface area contributed by atoms with Crippen LogP contribution in [0.4, 0.5) is 19.3 Å². The molecule has 0 saturated carbocycles. The normalized spacial score (nSPS) is 10.0. The van der Waals surface area contributed by atoms with Crippen LogP contribution in [0.15, 0.2) is 42.5 Å². The number of hydrogen-bond donors (Lipinski definition) is 2. The molecule has 0 radical (unpaired) electrons. The van der Waals surface area contributed by atoms with Crippen LogP contribution in [-0.4, -0.2) is 11.9 Å². The van der Waals surface area contributed by atoms with E-state index in [1.54, 1.807) is 24.3 Å². The zero-order valence-electron chi connectivity index (χ0n) is 11.1. The number of amides is 3. The standard InChI is InChI=1S/C15H12F2N2O2/c1-9-5-7-10(8-6-9)18-15(21)19-14(20)13-11(16)3-2-4-12(13)17/h2-8H,1H3,(H2,18,19,20,21). The molecule has 4 nitrogen and oxygen atoms in total. The van der Waals surface area contributed by atoms with Crippen molar-refractivity contribution in [1.29, 1.82) is 0 Å². The molecule has 0 unspecified atom stereocenters. The van der Waals surface area contributed by atoms with Gasteiger partial charge in [-0.3, -0.25) is 10.1 Å². The Bertz CT molecular complexity index is 664. The highest BCUT2D eigenvalue weighted by atomic mass is 19.1. The van der Waals surface area contributed by atoms with Gasteiger partial charge in [0, 0.05) is 5.69 Å². The predicted octanol–water partition coefficient (Wildman–Crippen LogP) is 3.24. The number of halogens is 2. The lowest BCUT2D eigenvalue weighted by molar-refractivity contribution is 0.0959. The predicted molar refractivity (Wildman–Crippen MR) is 74.0 cm³/mol. The molecule has 108 valence electrons. The van der Waals surface area contributed by atoms with Gasteiger partial charge in [-0.25, -0.2) is 13.6 Å². The molecule has 0 saturated heterocycles. The van der Waals surface area contributed by atoms with Crippen molar-refractivity contribution in [3.8, 4) is 0 Å². The summed E-state index contributed by atoms with van der Waals surface area (Å²) < 4.78 is 26.8. The number of urea groups is 1. The van der Waals surface area contributed by atoms with Crippen molar-refractivity contribution >= 4 is 17.6 Å². The third-order valence-corrected chi connectivity index (χ3v) is 2.73. The van der Waals surface area contributed by atoms with Gasteiger partial charge >= 0.3 is 6.03 Å².